The van der Waals surface area contributed by atoms with E-state index in [1.54, 1.807) is 24.3 Å². The molecule has 5 nitrogen and oxygen atoms in total. The van der Waals surface area contributed by atoms with Crippen LogP contribution < -0.4 is 10.6 Å². The Hall–Kier alpha value is -2.42. The number of benzene rings is 1. The zero-order chi connectivity index (χ0) is 20.3. The Morgan fingerprint density at radius 3 is 2.71 bits per heavy atom. The Bertz CT molecular complexity index is 874. The number of Topliss-reactive ketones (excluding diaryl/α,β-unsaturated/α-hetero) is 1. The summed E-state index contributed by atoms with van der Waals surface area (Å²) in [6, 6.07) is 8.16. The minimum Gasteiger partial charge on any atom is -0.362 e. The van der Waals surface area contributed by atoms with E-state index in [0.29, 0.717) is 41.6 Å². The number of nitrogens with zero attached hydrogens (tertiary/aromatic N) is 2. The molecule has 1 saturated carbocycles. The number of aromatic nitrogens is 2. The van der Waals surface area contributed by atoms with Crippen molar-refractivity contribution in [1.29, 1.82) is 0 Å². The van der Waals surface area contributed by atoms with Gasteiger partial charge in [-0.1, -0.05) is 12.1 Å². The quantitative estimate of drug-likeness (QED) is 0.404. The van der Waals surface area contributed by atoms with E-state index < -0.39 is 11.9 Å². The lowest BCUT2D eigenvalue weighted by atomic mass is 10.1. The van der Waals surface area contributed by atoms with Crippen LogP contribution in [0.3, 0.4) is 0 Å². The Morgan fingerprint density at radius 2 is 2.07 bits per heavy atom. The molecule has 0 unspecified atom stereocenters. The number of rotatable bonds is 7. The second-order valence-electron chi connectivity index (χ2n) is 6.82. The number of carbonyl (C=O) groups excluding carboxylic acids is 1. The third kappa shape index (κ3) is 5.31. The van der Waals surface area contributed by atoms with Gasteiger partial charge in [0.25, 0.3) is 0 Å². The molecule has 0 saturated heterocycles. The van der Waals surface area contributed by atoms with Gasteiger partial charge in [0.2, 0.25) is 0 Å². The van der Waals surface area contributed by atoms with Crippen molar-refractivity contribution in [2.75, 3.05) is 11.9 Å². The molecule has 1 fully saturated rings. The van der Waals surface area contributed by atoms with Crippen LogP contribution in [0.5, 0.6) is 0 Å². The van der Waals surface area contributed by atoms with Crippen molar-refractivity contribution in [2.24, 2.45) is 0 Å². The minimum atomic E-state index is -4.42. The number of nitrogens with one attached hydrogen (secondary N) is 2. The summed E-state index contributed by atoms with van der Waals surface area (Å²) in [5, 5.41) is 10.1. The molecule has 2 aromatic rings. The highest BCUT2D eigenvalue weighted by molar-refractivity contribution is 7.80. The zero-order valence-corrected chi connectivity index (χ0v) is 16.2. The number of ketones is 1. The van der Waals surface area contributed by atoms with Gasteiger partial charge in [0.1, 0.15) is 0 Å². The number of aryl methyl sites for hydroxylation is 1. The molecule has 150 valence electrons. The summed E-state index contributed by atoms with van der Waals surface area (Å²) in [5.41, 5.74) is 1.11. The lowest BCUT2D eigenvalue weighted by Crippen LogP contribution is -2.30. The van der Waals surface area contributed by atoms with Gasteiger partial charge in [-0.05, 0) is 56.6 Å². The van der Waals surface area contributed by atoms with Crippen LogP contribution >= 0.6 is 12.2 Å². The molecule has 9 heteroatoms. The smallest absolute Gasteiger partial charge is 0.362 e. The highest BCUT2D eigenvalue weighted by Gasteiger charge is 2.37. The second kappa shape index (κ2) is 8.30. The predicted molar refractivity (Wildman–Crippen MR) is 104 cm³/mol. The molecule has 0 spiro atoms. The first-order chi connectivity index (χ1) is 13.2. The van der Waals surface area contributed by atoms with Crippen molar-refractivity contribution in [3.05, 3.63) is 47.3 Å². The van der Waals surface area contributed by atoms with E-state index in [4.69, 9.17) is 12.2 Å². The fourth-order valence-corrected chi connectivity index (χ4v) is 3.10. The van der Waals surface area contributed by atoms with Gasteiger partial charge in [-0.15, -0.1) is 0 Å². The van der Waals surface area contributed by atoms with E-state index in [9.17, 15) is 18.0 Å². The van der Waals surface area contributed by atoms with E-state index in [1.807, 2.05) is 0 Å². The van der Waals surface area contributed by atoms with E-state index >= 15 is 0 Å². The summed E-state index contributed by atoms with van der Waals surface area (Å²) in [6.45, 7) is 2.37. The number of anilines is 1. The summed E-state index contributed by atoms with van der Waals surface area (Å²) in [7, 11) is 0. The zero-order valence-electron chi connectivity index (χ0n) is 15.3. The van der Waals surface area contributed by atoms with Crippen LogP contribution in [0.4, 0.5) is 18.9 Å². The first-order valence-corrected chi connectivity index (χ1v) is 9.45. The summed E-state index contributed by atoms with van der Waals surface area (Å²) in [4.78, 5) is 11.4. The van der Waals surface area contributed by atoms with Crippen molar-refractivity contribution in [1.82, 2.24) is 15.1 Å². The van der Waals surface area contributed by atoms with Gasteiger partial charge >= 0.3 is 6.18 Å². The van der Waals surface area contributed by atoms with E-state index in [0.717, 1.165) is 12.8 Å². The van der Waals surface area contributed by atoms with Crippen molar-refractivity contribution < 1.29 is 18.0 Å². The predicted octanol–water partition coefficient (Wildman–Crippen LogP) is 4.36. The maximum Gasteiger partial charge on any atom is 0.435 e. The fraction of sp³-hybridized carbons (Fsp3) is 0.421. The van der Waals surface area contributed by atoms with Crippen LogP contribution in [0, 0.1) is 0 Å². The standard InChI is InChI=1S/C19H21F3N4OS/c1-12(27)14-4-2-5-15(10-14)24-18(28)23-8-3-9-26-16(13-6-7-13)11-17(25-26)19(20,21)22/h2,4-5,10-11,13H,3,6-9H2,1H3,(H2,23,24,28). The highest BCUT2D eigenvalue weighted by atomic mass is 32.1. The third-order valence-electron chi connectivity index (χ3n) is 4.46. The lowest BCUT2D eigenvalue weighted by molar-refractivity contribution is -0.141. The van der Waals surface area contributed by atoms with Gasteiger partial charge in [-0.25, -0.2) is 0 Å². The molecule has 1 heterocycles. The molecule has 1 aromatic carbocycles. The van der Waals surface area contributed by atoms with Crippen molar-refractivity contribution in [3.63, 3.8) is 0 Å². The number of alkyl halides is 3. The van der Waals surface area contributed by atoms with Gasteiger partial charge in [0.15, 0.2) is 16.6 Å². The van der Waals surface area contributed by atoms with Crippen molar-refractivity contribution in [2.45, 2.75) is 44.8 Å². The van der Waals surface area contributed by atoms with Crippen LogP contribution in [0.25, 0.3) is 0 Å². The number of thiocarbonyl (C=S) groups is 1. The molecule has 0 atom stereocenters. The Labute approximate surface area is 166 Å². The molecule has 1 aromatic heterocycles. The lowest BCUT2D eigenvalue weighted by Gasteiger charge is -2.12. The second-order valence-corrected chi connectivity index (χ2v) is 7.23. The molecule has 2 N–H and O–H groups in total. The van der Waals surface area contributed by atoms with Crippen molar-refractivity contribution >= 4 is 28.8 Å². The van der Waals surface area contributed by atoms with E-state index in [1.165, 1.54) is 17.7 Å². The number of hydrogen-bond donors (Lipinski definition) is 2. The summed E-state index contributed by atoms with van der Waals surface area (Å²) in [6.07, 6.45) is -2.02. The first kappa shape index (κ1) is 20.3. The van der Waals surface area contributed by atoms with Gasteiger partial charge in [0, 0.05) is 36.0 Å². The average molecular weight is 410 g/mol. The molecule has 28 heavy (non-hydrogen) atoms. The molecular weight excluding hydrogens is 389 g/mol. The van der Waals surface area contributed by atoms with Crippen molar-refractivity contribution in [3.8, 4) is 0 Å². The molecule has 1 aliphatic rings. The summed E-state index contributed by atoms with van der Waals surface area (Å²) < 4.78 is 40.2. The number of carbonyl (C=O) groups is 1. The molecule has 0 aliphatic heterocycles. The van der Waals surface area contributed by atoms with Gasteiger partial charge in [-0.3, -0.25) is 9.48 Å². The van der Waals surface area contributed by atoms with Crippen LogP contribution in [0.2, 0.25) is 0 Å². The molecular formula is C19H21F3N4OS. The van der Waals surface area contributed by atoms with Gasteiger partial charge in [0.05, 0.1) is 0 Å². The average Bonchev–Trinajstić information content (AvgIpc) is 3.37. The Morgan fingerprint density at radius 1 is 1.32 bits per heavy atom. The van der Waals surface area contributed by atoms with Crippen LogP contribution in [-0.4, -0.2) is 27.2 Å². The topological polar surface area (TPSA) is 59.0 Å². The van der Waals surface area contributed by atoms with Crippen LogP contribution in [-0.2, 0) is 12.7 Å². The van der Waals surface area contributed by atoms with Crippen LogP contribution in [0.15, 0.2) is 30.3 Å². The molecule has 1 aliphatic carbocycles. The molecule has 0 bridgehead atoms. The Balaban J connectivity index is 1.49. The third-order valence-corrected chi connectivity index (χ3v) is 4.70. The fourth-order valence-electron chi connectivity index (χ4n) is 2.88. The maximum absolute atomic E-state index is 12.9. The van der Waals surface area contributed by atoms with Gasteiger partial charge < -0.3 is 10.6 Å². The monoisotopic (exact) mass is 410 g/mol. The largest absolute Gasteiger partial charge is 0.435 e. The maximum atomic E-state index is 12.9. The molecule has 0 radical (unpaired) electrons. The first-order valence-electron chi connectivity index (χ1n) is 9.05. The number of halogens is 3. The summed E-state index contributed by atoms with van der Waals surface area (Å²) in [5.74, 6) is 0.152. The van der Waals surface area contributed by atoms with Crippen LogP contribution in [0.1, 0.15) is 53.8 Å². The Kier molecular flexibility index (Phi) is 6.02. The SMILES string of the molecule is CC(=O)c1cccc(NC(=S)NCCCn2nc(C(F)(F)F)cc2C2CC2)c1. The van der Waals surface area contributed by atoms with E-state index in [-0.39, 0.29) is 11.7 Å². The van der Waals surface area contributed by atoms with Gasteiger partial charge in [-0.2, -0.15) is 18.3 Å². The highest BCUT2D eigenvalue weighted by Crippen LogP contribution is 2.42. The minimum absolute atomic E-state index is 0.0357. The number of hydrogen-bond acceptors (Lipinski definition) is 3. The molecule has 0 amide bonds. The molecule has 3 rings (SSSR count). The normalized spacial score (nSPS) is 14.0. The summed E-state index contributed by atoms with van der Waals surface area (Å²) >= 11 is 5.23. The van der Waals surface area contributed by atoms with E-state index in [2.05, 4.69) is 15.7 Å².